The average molecular weight is 264 g/mol. The van der Waals surface area contributed by atoms with Crippen LogP contribution in [-0.2, 0) is 13.6 Å². The molecule has 106 valence electrons. The predicted octanol–water partition coefficient (Wildman–Crippen LogP) is -0.187. The van der Waals surface area contributed by atoms with Gasteiger partial charge in [0, 0.05) is 45.0 Å². The van der Waals surface area contributed by atoms with Crippen molar-refractivity contribution in [1.29, 1.82) is 0 Å². The number of piperidine rings is 1. The minimum absolute atomic E-state index is 0.424. The van der Waals surface area contributed by atoms with Gasteiger partial charge in [-0.15, -0.1) is 5.10 Å². The Morgan fingerprint density at radius 3 is 2.74 bits per heavy atom. The molecule has 2 N–H and O–H groups in total. The Bertz CT molecular complexity index is 409. The zero-order valence-electron chi connectivity index (χ0n) is 11.7. The molecule has 1 atom stereocenters. The number of hydrogen-bond acceptors (Lipinski definition) is 5. The summed E-state index contributed by atoms with van der Waals surface area (Å²) in [6.07, 6.45) is 5.59. The molecule has 2 fully saturated rings. The lowest BCUT2D eigenvalue weighted by Gasteiger charge is -2.34. The Morgan fingerprint density at radius 2 is 2.05 bits per heavy atom. The fourth-order valence-electron chi connectivity index (χ4n) is 3.24. The number of aryl methyl sites for hydroxylation is 1. The molecule has 1 aromatic rings. The fraction of sp³-hybridized carbons (Fsp3) is 0.846. The Hall–Kier alpha value is -0.980. The molecule has 0 saturated carbocycles. The van der Waals surface area contributed by atoms with Crippen molar-refractivity contribution in [3.63, 3.8) is 0 Å². The predicted molar refractivity (Wildman–Crippen MR) is 73.5 cm³/mol. The van der Waals surface area contributed by atoms with E-state index in [0.717, 1.165) is 31.6 Å². The molecule has 6 nitrogen and oxygen atoms in total. The summed E-state index contributed by atoms with van der Waals surface area (Å²) < 4.78 is 1.77. The molecule has 0 aromatic carbocycles. The fourth-order valence-corrected chi connectivity index (χ4v) is 3.24. The molecule has 6 heteroatoms. The molecule has 0 radical (unpaired) electrons. The van der Waals surface area contributed by atoms with Crippen LogP contribution >= 0.6 is 0 Å². The zero-order valence-corrected chi connectivity index (χ0v) is 11.7. The topological polar surface area (TPSA) is 63.2 Å². The van der Waals surface area contributed by atoms with Crippen LogP contribution in [0.3, 0.4) is 0 Å². The molecule has 0 aliphatic carbocycles. The highest BCUT2D eigenvalue weighted by molar-refractivity contribution is 4.95. The lowest BCUT2D eigenvalue weighted by molar-refractivity contribution is 0.151. The average Bonchev–Trinajstić information content (AvgIpc) is 3.00. The van der Waals surface area contributed by atoms with Crippen molar-refractivity contribution < 1.29 is 0 Å². The quantitative estimate of drug-likeness (QED) is 0.820. The van der Waals surface area contributed by atoms with E-state index < -0.39 is 0 Å². The van der Waals surface area contributed by atoms with Crippen LogP contribution in [0.5, 0.6) is 0 Å². The normalized spacial score (nSPS) is 27.2. The van der Waals surface area contributed by atoms with Crippen LogP contribution in [0.1, 0.15) is 25.0 Å². The highest BCUT2D eigenvalue weighted by Crippen LogP contribution is 2.20. The second kappa shape index (κ2) is 5.56. The van der Waals surface area contributed by atoms with Gasteiger partial charge in [-0.3, -0.25) is 14.5 Å². The monoisotopic (exact) mass is 264 g/mol. The maximum Gasteiger partial charge on any atom is 0.0967 e. The van der Waals surface area contributed by atoms with E-state index >= 15 is 0 Å². The number of nitrogens with zero attached hydrogens (tertiary/aromatic N) is 5. The Balaban J connectivity index is 1.50. The third kappa shape index (κ3) is 3.13. The summed E-state index contributed by atoms with van der Waals surface area (Å²) in [4.78, 5) is 5.11. The van der Waals surface area contributed by atoms with Crippen molar-refractivity contribution in [2.45, 2.75) is 37.9 Å². The van der Waals surface area contributed by atoms with Crippen molar-refractivity contribution in [2.75, 3.05) is 26.2 Å². The second-order valence-electron chi connectivity index (χ2n) is 5.93. The number of nitrogens with two attached hydrogens (primary N) is 1. The molecule has 2 aliphatic heterocycles. The van der Waals surface area contributed by atoms with Crippen molar-refractivity contribution in [2.24, 2.45) is 12.8 Å². The zero-order chi connectivity index (χ0) is 13.2. The first-order valence-electron chi connectivity index (χ1n) is 7.28. The second-order valence-corrected chi connectivity index (χ2v) is 5.93. The van der Waals surface area contributed by atoms with Gasteiger partial charge in [0.2, 0.25) is 0 Å². The minimum Gasteiger partial charge on any atom is -0.328 e. The van der Waals surface area contributed by atoms with Gasteiger partial charge in [0.15, 0.2) is 0 Å². The molecule has 0 spiro atoms. The van der Waals surface area contributed by atoms with Gasteiger partial charge in [-0.05, 0) is 32.4 Å². The molecular formula is C13H24N6. The van der Waals surface area contributed by atoms with Crippen molar-refractivity contribution >= 4 is 0 Å². The van der Waals surface area contributed by atoms with Crippen molar-refractivity contribution in [3.8, 4) is 0 Å². The van der Waals surface area contributed by atoms with E-state index in [2.05, 4.69) is 20.1 Å². The number of likely N-dealkylation sites (tertiary alicyclic amines) is 2. The van der Waals surface area contributed by atoms with Gasteiger partial charge >= 0.3 is 0 Å². The van der Waals surface area contributed by atoms with Gasteiger partial charge in [-0.1, -0.05) is 5.21 Å². The molecule has 3 rings (SSSR count). The number of rotatable bonds is 3. The van der Waals surface area contributed by atoms with E-state index in [1.807, 2.05) is 13.2 Å². The van der Waals surface area contributed by atoms with Crippen molar-refractivity contribution in [1.82, 2.24) is 24.8 Å². The van der Waals surface area contributed by atoms with E-state index in [0.29, 0.717) is 12.1 Å². The van der Waals surface area contributed by atoms with E-state index in [-0.39, 0.29) is 0 Å². The van der Waals surface area contributed by atoms with E-state index in [1.165, 1.54) is 26.1 Å². The summed E-state index contributed by atoms with van der Waals surface area (Å²) >= 11 is 0. The first kappa shape index (κ1) is 13.0. The van der Waals surface area contributed by atoms with E-state index in [9.17, 15) is 0 Å². The van der Waals surface area contributed by atoms with E-state index in [4.69, 9.17) is 5.73 Å². The SMILES string of the molecule is Cn1cc(CN2CCC(N3CCC(N)CC3)C2)nn1. The summed E-state index contributed by atoms with van der Waals surface area (Å²) in [5.41, 5.74) is 7.05. The van der Waals surface area contributed by atoms with Crippen LogP contribution in [0.4, 0.5) is 0 Å². The molecule has 2 aliphatic rings. The highest BCUT2D eigenvalue weighted by Gasteiger charge is 2.29. The van der Waals surface area contributed by atoms with Gasteiger partial charge < -0.3 is 5.73 Å². The van der Waals surface area contributed by atoms with Crippen LogP contribution in [-0.4, -0.2) is 63.1 Å². The van der Waals surface area contributed by atoms with Crippen LogP contribution in [0.15, 0.2) is 6.20 Å². The third-order valence-corrected chi connectivity index (χ3v) is 4.37. The first-order chi connectivity index (χ1) is 9.20. The number of aromatic nitrogens is 3. The first-order valence-corrected chi connectivity index (χ1v) is 7.28. The molecule has 0 amide bonds. The van der Waals surface area contributed by atoms with E-state index in [1.54, 1.807) is 4.68 Å². The Morgan fingerprint density at radius 1 is 1.26 bits per heavy atom. The lowest BCUT2D eigenvalue weighted by atomic mass is 10.0. The molecule has 19 heavy (non-hydrogen) atoms. The smallest absolute Gasteiger partial charge is 0.0967 e. The van der Waals surface area contributed by atoms with Gasteiger partial charge in [-0.2, -0.15) is 0 Å². The molecule has 3 heterocycles. The van der Waals surface area contributed by atoms with Crippen LogP contribution in [0.2, 0.25) is 0 Å². The molecule has 2 saturated heterocycles. The Kier molecular flexibility index (Phi) is 3.81. The maximum atomic E-state index is 5.97. The van der Waals surface area contributed by atoms with Crippen LogP contribution < -0.4 is 5.73 Å². The molecule has 1 unspecified atom stereocenters. The summed E-state index contributed by atoms with van der Waals surface area (Å²) in [6, 6.07) is 1.14. The maximum absolute atomic E-state index is 5.97. The highest BCUT2D eigenvalue weighted by atomic mass is 15.4. The van der Waals surface area contributed by atoms with Gasteiger partial charge in [0.25, 0.3) is 0 Å². The van der Waals surface area contributed by atoms with Gasteiger partial charge in [0.1, 0.15) is 0 Å². The van der Waals surface area contributed by atoms with Crippen molar-refractivity contribution in [3.05, 3.63) is 11.9 Å². The Labute approximate surface area is 114 Å². The molecule has 0 bridgehead atoms. The van der Waals surface area contributed by atoms with Crippen LogP contribution in [0.25, 0.3) is 0 Å². The third-order valence-electron chi connectivity index (χ3n) is 4.37. The van der Waals surface area contributed by atoms with Crippen LogP contribution in [0, 0.1) is 0 Å². The standard InChI is InChI=1S/C13H24N6/c1-17-8-12(15-16-17)9-18-5-4-13(10-18)19-6-2-11(14)3-7-19/h8,11,13H,2-7,9-10,14H2,1H3. The summed E-state index contributed by atoms with van der Waals surface area (Å²) in [5.74, 6) is 0. The number of hydrogen-bond donors (Lipinski definition) is 1. The minimum atomic E-state index is 0.424. The van der Waals surface area contributed by atoms with Gasteiger partial charge in [0.05, 0.1) is 5.69 Å². The summed E-state index contributed by atoms with van der Waals surface area (Å²) in [5, 5.41) is 8.16. The molecular weight excluding hydrogens is 240 g/mol. The summed E-state index contributed by atoms with van der Waals surface area (Å²) in [6.45, 7) is 5.60. The van der Waals surface area contributed by atoms with Gasteiger partial charge in [-0.25, -0.2) is 0 Å². The largest absolute Gasteiger partial charge is 0.328 e. The molecule has 1 aromatic heterocycles. The summed E-state index contributed by atoms with van der Waals surface area (Å²) in [7, 11) is 1.92. The lowest BCUT2D eigenvalue weighted by Crippen LogP contribution is -2.46.